The second kappa shape index (κ2) is 3.78. The van der Waals surface area contributed by atoms with E-state index in [1.165, 1.54) is 12.1 Å². The third kappa shape index (κ3) is 1.73. The molecule has 0 atom stereocenters. The van der Waals surface area contributed by atoms with Crippen molar-refractivity contribution in [2.24, 2.45) is 5.73 Å². The van der Waals surface area contributed by atoms with Gasteiger partial charge < -0.3 is 20.3 Å². The molecule has 0 aliphatic carbocycles. The lowest BCUT2D eigenvalue weighted by atomic mass is 10.1. The van der Waals surface area contributed by atoms with E-state index in [9.17, 15) is 9.90 Å². The first kappa shape index (κ1) is 9.79. The van der Waals surface area contributed by atoms with Gasteiger partial charge >= 0.3 is 0 Å². The molecular formula is C10H11NO4. The fourth-order valence-electron chi connectivity index (χ4n) is 1.41. The summed E-state index contributed by atoms with van der Waals surface area (Å²) < 4.78 is 10.5. The van der Waals surface area contributed by atoms with Crippen LogP contribution in [-0.4, -0.2) is 30.6 Å². The van der Waals surface area contributed by atoms with E-state index in [0.29, 0.717) is 24.7 Å². The monoisotopic (exact) mass is 209 g/mol. The zero-order valence-electron chi connectivity index (χ0n) is 8.03. The van der Waals surface area contributed by atoms with E-state index in [2.05, 4.69) is 0 Å². The number of phenols is 1. The van der Waals surface area contributed by atoms with Gasteiger partial charge in [0.25, 0.3) is 0 Å². The van der Waals surface area contributed by atoms with Gasteiger partial charge in [-0.05, 0) is 6.07 Å². The third-order valence-corrected chi connectivity index (χ3v) is 2.15. The van der Waals surface area contributed by atoms with Crippen LogP contribution in [0.1, 0.15) is 10.4 Å². The highest BCUT2D eigenvalue weighted by molar-refractivity contribution is 6.00. The van der Waals surface area contributed by atoms with Crippen LogP contribution in [0.25, 0.3) is 0 Å². The summed E-state index contributed by atoms with van der Waals surface area (Å²) in [7, 11) is 0. The molecule has 15 heavy (non-hydrogen) atoms. The van der Waals surface area contributed by atoms with Crippen molar-refractivity contribution in [2.45, 2.75) is 0 Å². The van der Waals surface area contributed by atoms with Gasteiger partial charge in [0, 0.05) is 6.07 Å². The van der Waals surface area contributed by atoms with Gasteiger partial charge in [0.2, 0.25) is 0 Å². The van der Waals surface area contributed by atoms with Crippen LogP contribution in [0.15, 0.2) is 12.1 Å². The van der Waals surface area contributed by atoms with E-state index in [1.807, 2.05) is 0 Å². The predicted molar refractivity (Wildman–Crippen MR) is 52.5 cm³/mol. The van der Waals surface area contributed by atoms with Crippen molar-refractivity contribution in [3.63, 3.8) is 0 Å². The summed E-state index contributed by atoms with van der Waals surface area (Å²) in [4.78, 5) is 11.3. The van der Waals surface area contributed by atoms with Crippen LogP contribution in [0.5, 0.6) is 17.2 Å². The molecule has 0 radical (unpaired) electrons. The lowest BCUT2D eigenvalue weighted by Crippen LogP contribution is -2.17. The molecule has 2 rings (SSSR count). The first-order chi connectivity index (χ1) is 7.22. The number of Topliss-reactive ketones (excluding diaryl/α,β-unsaturated/α-hetero) is 1. The number of rotatable bonds is 2. The Bertz CT molecular complexity index is 403. The molecular weight excluding hydrogens is 198 g/mol. The lowest BCUT2D eigenvalue weighted by Gasteiger charge is -2.19. The zero-order chi connectivity index (χ0) is 10.8. The average molecular weight is 209 g/mol. The van der Waals surface area contributed by atoms with Crippen molar-refractivity contribution < 1.29 is 19.4 Å². The minimum atomic E-state index is -0.329. The van der Waals surface area contributed by atoms with Crippen LogP contribution in [0.4, 0.5) is 0 Å². The predicted octanol–water partition coefficient (Wildman–Crippen LogP) is 0.305. The Morgan fingerprint density at radius 3 is 2.53 bits per heavy atom. The molecule has 0 saturated carbocycles. The van der Waals surface area contributed by atoms with Gasteiger partial charge in [0.15, 0.2) is 17.3 Å². The average Bonchev–Trinajstić information content (AvgIpc) is 2.27. The molecule has 1 aromatic carbocycles. The largest absolute Gasteiger partial charge is 0.507 e. The maximum absolute atomic E-state index is 11.3. The Hall–Kier alpha value is -1.75. The van der Waals surface area contributed by atoms with Crippen molar-refractivity contribution in [1.82, 2.24) is 0 Å². The number of hydrogen-bond donors (Lipinski definition) is 2. The number of ether oxygens (including phenoxy) is 2. The molecule has 0 saturated heterocycles. The smallest absolute Gasteiger partial charge is 0.180 e. The number of phenolic OH excluding ortho intramolecular Hbond substituents is 1. The van der Waals surface area contributed by atoms with Gasteiger partial charge in [0.1, 0.15) is 19.0 Å². The molecule has 1 aromatic rings. The van der Waals surface area contributed by atoms with Gasteiger partial charge in [-0.2, -0.15) is 0 Å². The van der Waals surface area contributed by atoms with E-state index in [0.717, 1.165) is 0 Å². The normalized spacial score (nSPS) is 13.7. The van der Waals surface area contributed by atoms with Crippen molar-refractivity contribution in [3.8, 4) is 17.2 Å². The first-order valence-corrected chi connectivity index (χ1v) is 4.58. The molecule has 5 nitrogen and oxygen atoms in total. The third-order valence-electron chi connectivity index (χ3n) is 2.15. The Kier molecular flexibility index (Phi) is 2.47. The Morgan fingerprint density at radius 1 is 1.33 bits per heavy atom. The quantitative estimate of drug-likeness (QED) is 0.685. The van der Waals surface area contributed by atoms with Crippen LogP contribution in [-0.2, 0) is 0 Å². The van der Waals surface area contributed by atoms with Crippen LogP contribution in [0.3, 0.4) is 0 Å². The Labute approximate surface area is 86.4 Å². The number of benzene rings is 1. The highest BCUT2D eigenvalue weighted by Crippen LogP contribution is 2.36. The van der Waals surface area contributed by atoms with Crippen LogP contribution < -0.4 is 15.2 Å². The highest BCUT2D eigenvalue weighted by Gasteiger charge is 2.18. The molecule has 0 unspecified atom stereocenters. The molecule has 80 valence electrons. The van der Waals surface area contributed by atoms with Gasteiger partial charge in [-0.3, -0.25) is 4.79 Å². The number of carbonyl (C=O) groups excluding carboxylic acids is 1. The number of fused-ring (bicyclic) bond motifs is 1. The summed E-state index contributed by atoms with van der Waals surface area (Å²) in [5, 5.41) is 9.56. The molecule has 1 aliphatic rings. The number of carbonyl (C=O) groups is 1. The molecule has 1 heterocycles. The second-order valence-electron chi connectivity index (χ2n) is 3.14. The number of aromatic hydroxyl groups is 1. The molecule has 0 bridgehead atoms. The first-order valence-electron chi connectivity index (χ1n) is 4.58. The molecule has 0 amide bonds. The number of ketones is 1. The van der Waals surface area contributed by atoms with E-state index >= 15 is 0 Å². The number of nitrogens with two attached hydrogens (primary N) is 1. The summed E-state index contributed by atoms with van der Waals surface area (Å²) >= 11 is 0. The Balaban J connectivity index is 2.44. The molecule has 0 aromatic heterocycles. The summed E-state index contributed by atoms with van der Waals surface area (Å²) in [6.07, 6.45) is 0. The lowest BCUT2D eigenvalue weighted by molar-refractivity contribution is 0.0997. The number of hydrogen-bond acceptors (Lipinski definition) is 5. The maximum Gasteiger partial charge on any atom is 0.180 e. The van der Waals surface area contributed by atoms with Crippen molar-refractivity contribution in [3.05, 3.63) is 17.7 Å². The summed E-state index contributed by atoms with van der Waals surface area (Å²) in [5.74, 6) is 0.461. The second-order valence-corrected chi connectivity index (χ2v) is 3.14. The summed E-state index contributed by atoms with van der Waals surface area (Å²) in [6, 6.07) is 2.83. The summed E-state index contributed by atoms with van der Waals surface area (Å²) in [6.45, 7) is 0.734. The molecule has 0 fully saturated rings. The van der Waals surface area contributed by atoms with Crippen LogP contribution in [0.2, 0.25) is 0 Å². The van der Waals surface area contributed by atoms with Crippen LogP contribution in [0, 0.1) is 0 Å². The highest BCUT2D eigenvalue weighted by atomic mass is 16.6. The minimum Gasteiger partial charge on any atom is -0.507 e. The molecule has 0 spiro atoms. The minimum absolute atomic E-state index is 0.130. The van der Waals surface area contributed by atoms with E-state index in [-0.39, 0.29) is 23.6 Å². The van der Waals surface area contributed by atoms with Gasteiger partial charge in [-0.15, -0.1) is 0 Å². The van der Waals surface area contributed by atoms with Gasteiger partial charge in [-0.25, -0.2) is 0 Å². The van der Waals surface area contributed by atoms with Gasteiger partial charge in [0.05, 0.1) is 12.1 Å². The topological polar surface area (TPSA) is 81.8 Å². The molecule has 5 heteroatoms. The molecule has 1 aliphatic heterocycles. The van der Waals surface area contributed by atoms with Crippen molar-refractivity contribution >= 4 is 5.78 Å². The maximum atomic E-state index is 11.3. The fraction of sp³-hybridized carbons (Fsp3) is 0.300. The fourth-order valence-corrected chi connectivity index (χ4v) is 1.41. The summed E-state index contributed by atoms with van der Waals surface area (Å²) in [5.41, 5.74) is 5.38. The van der Waals surface area contributed by atoms with E-state index in [1.54, 1.807) is 0 Å². The van der Waals surface area contributed by atoms with Gasteiger partial charge in [-0.1, -0.05) is 0 Å². The standard InChI is InChI=1S/C10H11NO4/c11-5-8(13)6-3-9-10(4-7(6)12)15-2-1-14-9/h3-4,12H,1-2,5,11H2. The van der Waals surface area contributed by atoms with E-state index in [4.69, 9.17) is 15.2 Å². The van der Waals surface area contributed by atoms with Crippen molar-refractivity contribution in [2.75, 3.05) is 19.8 Å². The Morgan fingerprint density at radius 2 is 1.93 bits per heavy atom. The van der Waals surface area contributed by atoms with Crippen molar-refractivity contribution in [1.29, 1.82) is 0 Å². The SMILES string of the molecule is NCC(=O)c1cc2c(cc1O)OCCO2. The van der Waals surface area contributed by atoms with E-state index < -0.39 is 0 Å². The zero-order valence-corrected chi connectivity index (χ0v) is 8.03. The molecule has 3 N–H and O–H groups in total. The van der Waals surface area contributed by atoms with Crippen LogP contribution >= 0.6 is 0 Å².